The van der Waals surface area contributed by atoms with E-state index in [4.69, 9.17) is 0 Å². The molecule has 116 valence electrons. The number of aliphatic imine (C=N–C) groups is 1. The maximum absolute atomic E-state index is 13.5. The van der Waals surface area contributed by atoms with Crippen molar-refractivity contribution < 1.29 is 9.18 Å². The number of nitrogens with zero attached hydrogens (tertiary/aromatic N) is 1. The lowest BCUT2D eigenvalue weighted by molar-refractivity contribution is -0.120. The first-order chi connectivity index (χ1) is 10.2. The number of amides is 1. The van der Waals surface area contributed by atoms with Crippen LogP contribution in [0.3, 0.4) is 0 Å². The van der Waals surface area contributed by atoms with Gasteiger partial charge in [-0.15, -0.1) is 0 Å². The van der Waals surface area contributed by atoms with Gasteiger partial charge in [-0.3, -0.25) is 9.79 Å². The van der Waals surface area contributed by atoms with Crippen molar-refractivity contribution >= 4 is 11.9 Å². The highest BCUT2D eigenvalue weighted by Crippen LogP contribution is 2.05. The van der Waals surface area contributed by atoms with Crippen molar-refractivity contribution in [2.75, 3.05) is 20.1 Å². The van der Waals surface area contributed by atoms with Gasteiger partial charge in [0.1, 0.15) is 5.82 Å². The van der Waals surface area contributed by atoms with E-state index in [2.05, 4.69) is 20.9 Å². The predicted molar refractivity (Wildman–Crippen MR) is 82.5 cm³/mol. The molecule has 0 spiro atoms. The molecule has 5 nitrogen and oxygen atoms in total. The van der Waals surface area contributed by atoms with Crippen molar-refractivity contribution in [1.29, 1.82) is 0 Å². The Hall–Kier alpha value is -2.11. The van der Waals surface area contributed by atoms with Crippen molar-refractivity contribution in [3.63, 3.8) is 0 Å². The number of benzene rings is 1. The van der Waals surface area contributed by atoms with Crippen LogP contribution in [0.25, 0.3) is 0 Å². The number of nitrogens with one attached hydrogen (secondary N) is 3. The highest BCUT2D eigenvalue weighted by atomic mass is 19.1. The molecule has 3 N–H and O–H groups in total. The average molecular weight is 294 g/mol. The van der Waals surface area contributed by atoms with E-state index in [1.807, 2.05) is 6.92 Å². The molecule has 1 rings (SSSR count). The van der Waals surface area contributed by atoms with Crippen LogP contribution in [0.4, 0.5) is 4.39 Å². The quantitative estimate of drug-likeness (QED) is 0.526. The minimum Gasteiger partial charge on any atom is -0.356 e. The molecular weight excluding hydrogens is 271 g/mol. The molecule has 0 saturated carbocycles. The lowest BCUT2D eigenvalue weighted by atomic mass is 10.2. The van der Waals surface area contributed by atoms with Crippen molar-refractivity contribution in [1.82, 2.24) is 16.0 Å². The summed E-state index contributed by atoms with van der Waals surface area (Å²) in [7, 11) is 1.63. The predicted octanol–water partition coefficient (Wildman–Crippen LogP) is 1.41. The van der Waals surface area contributed by atoms with Crippen molar-refractivity contribution in [3.8, 4) is 0 Å². The third-order valence-electron chi connectivity index (χ3n) is 2.84. The van der Waals surface area contributed by atoms with Gasteiger partial charge in [0.2, 0.25) is 5.91 Å². The number of hydrogen-bond donors (Lipinski definition) is 3. The Kier molecular flexibility index (Phi) is 7.86. The normalized spacial score (nSPS) is 11.1. The van der Waals surface area contributed by atoms with Crippen molar-refractivity contribution in [3.05, 3.63) is 35.6 Å². The standard InChI is InChI=1S/C15H23FN4O/c1-3-9-18-14(21)8-10-19-15(17-2)20-11-12-6-4-5-7-13(12)16/h4-7H,3,8-11H2,1-2H3,(H,18,21)(H2,17,19,20). The van der Waals surface area contributed by atoms with Gasteiger partial charge >= 0.3 is 0 Å². The van der Waals surface area contributed by atoms with Crippen LogP contribution in [0, 0.1) is 5.82 Å². The second-order valence-electron chi connectivity index (χ2n) is 4.54. The minimum atomic E-state index is -0.251. The molecule has 0 unspecified atom stereocenters. The molecule has 0 fully saturated rings. The van der Waals surface area contributed by atoms with Gasteiger partial charge in [-0.2, -0.15) is 0 Å². The molecule has 0 radical (unpaired) electrons. The summed E-state index contributed by atoms with van der Waals surface area (Å²) in [5.74, 6) is 0.301. The summed E-state index contributed by atoms with van der Waals surface area (Å²) in [4.78, 5) is 15.5. The van der Waals surface area contributed by atoms with Crippen LogP contribution >= 0.6 is 0 Å². The van der Waals surface area contributed by atoms with Crippen LogP contribution in [0.5, 0.6) is 0 Å². The highest BCUT2D eigenvalue weighted by Gasteiger charge is 2.04. The fraction of sp³-hybridized carbons (Fsp3) is 0.467. The Morgan fingerprint density at radius 1 is 1.19 bits per heavy atom. The number of halogens is 1. The Morgan fingerprint density at radius 3 is 2.62 bits per heavy atom. The fourth-order valence-corrected chi connectivity index (χ4v) is 1.69. The van der Waals surface area contributed by atoms with Crippen LogP contribution < -0.4 is 16.0 Å². The van der Waals surface area contributed by atoms with E-state index in [1.54, 1.807) is 25.2 Å². The zero-order valence-electron chi connectivity index (χ0n) is 12.6. The van der Waals surface area contributed by atoms with Gasteiger partial charge < -0.3 is 16.0 Å². The highest BCUT2D eigenvalue weighted by molar-refractivity contribution is 5.81. The van der Waals surface area contributed by atoms with Gasteiger partial charge in [0, 0.05) is 38.7 Å². The second kappa shape index (κ2) is 9.74. The summed E-state index contributed by atoms with van der Waals surface area (Å²) in [6.45, 7) is 3.52. The SMILES string of the molecule is CCCNC(=O)CCNC(=NC)NCc1ccccc1F. The smallest absolute Gasteiger partial charge is 0.221 e. The molecule has 1 aromatic carbocycles. The summed E-state index contributed by atoms with van der Waals surface area (Å²) < 4.78 is 13.5. The van der Waals surface area contributed by atoms with Gasteiger partial charge in [0.15, 0.2) is 5.96 Å². The third kappa shape index (κ3) is 6.74. The number of carbonyl (C=O) groups is 1. The summed E-state index contributed by atoms with van der Waals surface area (Å²) in [5.41, 5.74) is 0.570. The Bertz CT molecular complexity index is 476. The molecule has 0 heterocycles. The fourth-order valence-electron chi connectivity index (χ4n) is 1.69. The van der Waals surface area contributed by atoms with E-state index in [-0.39, 0.29) is 11.7 Å². The average Bonchev–Trinajstić information content (AvgIpc) is 2.50. The molecular formula is C15H23FN4O. The van der Waals surface area contributed by atoms with Gasteiger partial charge in [0.05, 0.1) is 0 Å². The second-order valence-corrected chi connectivity index (χ2v) is 4.54. The van der Waals surface area contributed by atoms with Crippen LogP contribution in [0.15, 0.2) is 29.3 Å². The van der Waals surface area contributed by atoms with Crippen LogP contribution in [-0.2, 0) is 11.3 Å². The maximum atomic E-state index is 13.5. The van der Waals surface area contributed by atoms with Crippen molar-refractivity contribution in [2.45, 2.75) is 26.3 Å². The lowest BCUT2D eigenvalue weighted by Crippen LogP contribution is -2.39. The van der Waals surface area contributed by atoms with Crippen molar-refractivity contribution in [2.24, 2.45) is 4.99 Å². The van der Waals surface area contributed by atoms with Crippen LogP contribution in [0.2, 0.25) is 0 Å². The van der Waals surface area contributed by atoms with Gasteiger partial charge in [0.25, 0.3) is 0 Å². The van der Waals surface area contributed by atoms with E-state index in [0.29, 0.717) is 37.6 Å². The summed E-state index contributed by atoms with van der Waals surface area (Å²) in [6, 6.07) is 6.58. The molecule has 0 saturated heterocycles. The zero-order chi connectivity index (χ0) is 15.5. The maximum Gasteiger partial charge on any atom is 0.221 e. The van der Waals surface area contributed by atoms with Gasteiger partial charge in [-0.05, 0) is 12.5 Å². The summed E-state index contributed by atoms with van der Waals surface area (Å²) in [6.07, 6.45) is 1.30. The molecule has 0 aromatic heterocycles. The van der Waals surface area contributed by atoms with Crippen LogP contribution in [0.1, 0.15) is 25.3 Å². The molecule has 0 aliphatic rings. The Labute approximate surface area is 125 Å². The number of rotatable bonds is 7. The monoisotopic (exact) mass is 294 g/mol. The third-order valence-corrected chi connectivity index (χ3v) is 2.84. The number of guanidine groups is 1. The summed E-state index contributed by atoms with van der Waals surface area (Å²) in [5, 5.41) is 8.83. The van der Waals surface area contributed by atoms with E-state index in [0.717, 1.165) is 6.42 Å². The van der Waals surface area contributed by atoms with E-state index in [9.17, 15) is 9.18 Å². The molecule has 1 amide bonds. The Balaban J connectivity index is 2.30. The zero-order valence-corrected chi connectivity index (χ0v) is 12.6. The van der Waals surface area contributed by atoms with Gasteiger partial charge in [-0.1, -0.05) is 25.1 Å². The molecule has 1 aromatic rings. The van der Waals surface area contributed by atoms with E-state index in [1.165, 1.54) is 6.07 Å². The van der Waals surface area contributed by atoms with Gasteiger partial charge in [-0.25, -0.2) is 4.39 Å². The first-order valence-electron chi connectivity index (χ1n) is 7.12. The molecule has 0 aliphatic carbocycles. The first-order valence-corrected chi connectivity index (χ1v) is 7.12. The molecule has 0 bridgehead atoms. The lowest BCUT2D eigenvalue weighted by Gasteiger charge is -2.12. The Morgan fingerprint density at radius 2 is 1.95 bits per heavy atom. The largest absolute Gasteiger partial charge is 0.356 e. The minimum absolute atomic E-state index is 0.00825. The van der Waals surface area contributed by atoms with E-state index < -0.39 is 0 Å². The topological polar surface area (TPSA) is 65.5 Å². The molecule has 21 heavy (non-hydrogen) atoms. The number of hydrogen-bond acceptors (Lipinski definition) is 2. The number of carbonyl (C=O) groups excluding carboxylic acids is 1. The summed E-state index contributed by atoms with van der Waals surface area (Å²) >= 11 is 0. The first kappa shape index (κ1) is 16.9. The molecule has 0 aliphatic heterocycles. The van der Waals surface area contributed by atoms with E-state index >= 15 is 0 Å². The van der Waals surface area contributed by atoms with Crippen LogP contribution in [-0.4, -0.2) is 32.0 Å². The molecule has 6 heteroatoms. The molecule has 0 atom stereocenters.